The predicted octanol–water partition coefficient (Wildman–Crippen LogP) is 1.15. The van der Waals surface area contributed by atoms with E-state index in [2.05, 4.69) is 0 Å². The van der Waals surface area contributed by atoms with Crippen molar-refractivity contribution in [2.75, 3.05) is 52.6 Å². The van der Waals surface area contributed by atoms with Gasteiger partial charge in [-0.25, -0.2) is 0 Å². The van der Waals surface area contributed by atoms with E-state index in [1.165, 1.54) is 0 Å². The lowest BCUT2D eigenvalue weighted by atomic mass is 9.87. The number of ether oxygens (including phenoxy) is 4. The van der Waals surface area contributed by atoms with Gasteiger partial charge in [0.15, 0.2) is 0 Å². The number of hydrogen-bond donors (Lipinski definition) is 0. The number of carbonyl (C=O) groups is 4. The van der Waals surface area contributed by atoms with Crippen LogP contribution in [-0.4, -0.2) is 98.4 Å². The summed E-state index contributed by atoms with van der Waals surface area (Å²) >= 11 is 0. The van der Waals surface area contributed by atoms with Gasteiger partial charge in [0.25, 0.3) is 0 Å². The molecule has 184 valence electrons. The van der Waals surface area contributed by atoms with E-state index < -0.39 is 23.9 Å². The average Bonchev–Trinajstić information content (AvgIpc) is 2.73. The van der Waals surface area contributed by atoms with Crippen LogP contribution in [0.5, 0.6) is 0 Å². The minimum atomic E-state index is -0.441. The van der Waals surface area contributed by atoms with Crippen molar-refractivity contribution in [3.63, 3.8) is 0 Å². The summed E-state index contributed by atoms with van der Waals surface area (Å²) in [6.45, 7) is 7.48. The molecular formula is C22H38N2O8. The van der Waals surface area contributed by atoms with E-state index in [1.54, 1.807) is 37.5 Å². The summed E-state index contributed by atoms with van der Waals surface area (Å²) in [5.74, 6) is -1.76. The largest absolute Gasteiger partial charge is 0.465 e. The third-order valence-electron chi connectivity index (χ3n) is 5.18. The highest BCUT2D eigenvalue weighted by Gasteiger charge is 2.37. The molecule has 1 fully saturated rings. The molecule has 1 aliphatic carbocycles. The molecular weight excluding hydrogens is 420 g/mol. The maximum absolute atomic E-state index is 12.3. The SMILES string of the molecule is CCOC(=O)CN(CC(=O)OCC)[C@@H]1CCCC[C@@H]1N(CC(=O)OCC)CC(=O)OCC. The zero-order valence-corrected chi connectivity index (χ0v) is 19.8. The van der Waals surface area contributed by atoms with Gasteiger partial charge in [-0.15, -0.1) is 0 Å². The van der Waals surface area contributed by atoms with Crippen LogP contribution in [0.25, 0.3) is 0 Å². The molecule has 0 spiro atoms. The van der Waals surface area contributed by atoms with Crippen molar-refractivity contribution in [1.82, 2.24) is 9.80 Å². The average molecular weight is 459 g/mol. The Kier molecular flexibility index (Phi) is 13.5. The fourth-order valence-corrected chi connectivity index (χ4v) is 4.01. The number of carbonyl (C=O) groups excluding carboxylic acids is 4. The number of hydrogen-bond acceptors (Lipinski definition) is 10. The van der Waals surface area contributed by atoms with Crippen LogP contribution in [0, 0.1) is 0 Å². The first-order chi connectivity index (χ1) is 15.4. The van der Waals surface area contributed by atoms with Gasteiger partial charge in [0.1, 0.15) is 0 Å². The Morgan fingerprint density at radius 2 is 0.812 bits per heavy atom. The molecule has 0 bridgehead atoms. The van der Waals surface area contributed by atoms with Crippen molar-refractivity contribution in [3.8, 4) is 0 Å². The van der Waals surface area contributed by atoms with Gasteiger partial charge in [-0.1, -0.05) is 12.8 Å². The predicted molar refractivity (Wildman–Crippen MR) is 116 cm³/mol. The first-order valence-corrected chi connectivity index (χ1v) is 11.5. The first kappa shape index (κ1) is 27.8. The van der Waals surface area contributed by atoms with Gasteiger partial charge in [0.05, 0.1) is 52.6 Å². The lowest BCUT2D eigenvalue weighted by molar-refractivity contribution is -0.155. The lowest BCUT2D eigenvalue weighted by Gasteiger charge is -2.43. The standard InChI is InChI=1S/C22H38N2O8/c1-5-29-19(25)13-23(14-20(26)30-6-2)17-11-9-10-12-18(17)24(15-21(27)31-7-3)16-22(28)32-8-4/h17-18H,5-16H2,1-4H3/t17-,18+. The lowest BCUT2D eigenvalue weighted by Crippen LogP contribution is -2.57. The minimum absolute atomic E-state index is 0.0829. The maximum atomic E-state index is 12.3. The van der Waals surface area contributed by atoms with Crippen LogP contribution in [0.4, 0.5) is 0 Å². The van der Waals surface area contributed by atoms with Gasteiger partial charge in [-0.05, 0) is 40.5 Å². The van der Waals surface area contributed by atoms with Gasteiger partial charge >= 0.3 is 23.9 Å². The van der Waals surface area contributed by atoms with Gasteiger partial charge in [0, 0.05) is 12.1 Å². The van der Waals surface area contributed by atoms with Crippen molar-refractivity contribution in [2.45, 2.75) is 65.5 Å². The Bertz CT molecular complexity index is 521. The van der Waals surface area contributed by atoms with Crippen molar-refractivity contribution < 1.29 is 38.1 Å². The highest BCUT2D eigenvalue weighted by atomic mass is 16.5. The molecule has 0 aromatic rings. The third kappa shape index (κ3) is 9.95. The summed E-state index contributed by atoms with van der Waals surface area (Å²) < 4.78 is 20.4. The van der Waals surface area contributed by atoms with Crippen molar-refractivity contribution >= 4 is 23.9 Å². The van der Waals surface area contributed by atoms with Crippen LogP contribution in [0.2, 0.25) is 0 Å². The summed E-state index contributed by atoms with van der Waals surface area (Å²) in [4.78, 5) is 52.5. The van der Waals surface area contributed by atoms with Crippen LogP contribution in [0.1, 0.15) is 53.4 Å². The molecule has 2 atom stereocenters. The second-order valence-electron chi connectivity index (χ2n) is 7.45. The normalized spacial score (nSPS) is 18.3. The molecule has 0 amide bonds. The van der Waals surface area contributed by atoms with Gasteiger partial charge in [0.2, 0.25) is 0 Å². The van der Waals surface area contributed by atoms with Crippen LogP contribution >= 0.6 is 0 Å². The fourth-order valence-electron chi connectivity index (χ4n) is 4.01. The number of rotatable bonds is 14. The Morgan fingerprint density at radius 3 is 1.03 bits per heavy atom. The molecule has 1 rings (SSSR count). The topological polar surface area (TPSA) is 112 Å². The smallest absolute Gasteiger partial charge is 0.320 e. The van der Waals surface area contributed by atoms with Crippen LogP contribution in [-0.2, 0) is 38.1 Å². The van der Waals surface area contributed by atoms with Crippen molar-refractivity contribution in [1.29, 1.82) is 0 Å². The molecule has 1 aliphatic rings. The van der Waals surface area contributed by atoms with Crippen LogP contribution < -0.4 is 0 Å². The Morgan fingerprint density at radius 1 is 0.562 bits per heavy atom. The molecule has 0 aromatic carbocycles. The highest BCUT2D eigenvalue weighted by molar-refractivity contribution is 5.76. The molecule has 10 nitrogen and oxygen atoms in total. The zero-order chi connectivity index (χ0) is 23.9. The van der Waals surface area contributed by atoms with E-state index in [0.717, 1.165) is 12.8 Å². The van der Waals surface area contributed by atoms with Crippen LogP contribution in [0.15, 0.2) is 0 Å². The van der Waals surface area contributed by atoms with E-state index in [0.29, 0.717) is 12.8 Å². The molecule has 0 heterocycles. The zero-order valence-electron chi connectivity index (χ0n) is 19.8. The second kappa shape index (κ2) is 15.6. The molecule has 0 N–H and O–H groups in total. The molecule has 0 saturated heterocycles. The molecule has 10 heteroatoms. The Balaban J connectivity index is 3.15. The Hall–Kier alpha value is -2.20. The van der Waals surface area contributed by atoms with E-state index >= 15 is 0 Å². The minimum Gasteiger partial charge on any atom is -0.465 e. The molecule has 0 radical (unpaired) electrons. The fraction of sp³-hybridized carbons (Fsp3) is 0.818. The summed E-state index contributed by atoms with van der Waals surface area (Å²) in [7, 11) is 0. The number of nitrogens with zero attached hydrogens (tertiary/aromatic N) is 2. The van der Waals surface area contributed by atoms with Crippen molar-refractivity contribution in [3.05, 3.63) is 0 Å². The second-order valence-corrected chi connectivity index (χ2v) is 7.45. The first-order valence-electron chi connectivity index (χ1n) is 11.5. The van der Waals surface area contributed by atoms with Gasteiger partial charge < -0.3 is 18.9 Å². The Labute approximate surface area is 190 Å². The van der Waals surface area contributed by atoms with Gasteiger partial charge in [-0.3, -0.25) is 29.0 Å². The third-order valence-corrected chi connectivity index (χ3v) is 5.18. The highest BCUT2D eigenvalue weighted by Crippen LogP contribution is 2.28. The monoisotopic (exact) mass is 458 g/mol. The van der Waals surface area contributed by atoms with E-state index in [4.69, 9.17) is 18.9 Å². The molecule has 1 saturated carbocycles. The summed E-state index contributed by atoms with van der Waals surface area (Å²) in [6, 6.07) is -0.497. The summed E-state index contributed by atoms with van der Waals surface area (Å²) in [6.07, 6.45) is 3.20. The molecule has 32 heavy (non-hydrogen) atoms. The molecule has 0 aliphatic heterocycles. The van der Waals surface area contributed by atoms with Crippen molar-refractivity contribution in [2.24, 2.45) is 0 Å². The van der Waals surface area contributed by atoms with E-state index in [1.807, 2.05) is 0 Å². The summed E-state index contributed by atoms with van der Waals surface area (Å²) in [5.41, 5.74) is 0. The van der Waals surface area contributed by atoms with Gasteiger partial charge in [-0.2, -0.15) is 0 Å². The number of esters is 4. The van der Waals surface area contributed by atoms with E-state index in [9.17, 15) is 19.2 Å². The van der Waals surface area contributed by atoms with Crippen LogP contribution in [0.3, 0.4) is 0 Å². The summed E-state index contributed by atoms with van der Waals surface area (Å²) in [5, 5.41) is 0. The van der Waals surface area contributed by atoms with E-state index in [-0.39, 0.29) is 64.7 Å². The maximum Gasteiger partial charge on any atom is 0.320 e. The molecule has 0 unspecified atom stereocenters. The quantitative estimate of drug-likeness (QED) is 0.278. The molecule has 0 aromatic heterocycles.